The number of rotatable bonds is 3. The van der Waals surface area contributed by atoms with Crippen LogP contribution in [0, 0.1) is 11.3 Å². The van der Waals surface area contributed by atoms with Crippen LogP contribution in [0.5, 0.6) is 23.0 Å². The molecule has 0 fully saturated rings. The van der Waals surface area contributed by atoms with Gasteiger partial charge in [-0.05, 0) is 63.2 Å². The van der Waals surface area contributed by atoms with Crippen molar-refractivity contribution in [1.29, 1.82) is 5.26 Å². The first kappa shape index (κ1) is 27.1. The molecule has 0 atom stereocenters. The van der Waals surface area contributed by atoms with E-state index in [9.17, 15) is 5.26 Å². The van der Waals surface area contributed by atoms with E-state index in [2.05, 4.69) is 78.9 Å². The van der Waals surface area contributed by atoms with Crippen molar-refractivity contribution in [2.75, 3.05) is 0 Å². The molecule has 220 valence electrons. The van der Waals surface area contributed by atoms with E-state index in [0.29, 0.717) is 11.4 Å². The highest BCUT2D eigenvalue weighted by molar-refractivity contribution is 7.21. The summed E-state index contributed by atoms with van der Waals surface area (Å²) >= 11 is 0. The highest BCUT2D eigenvalue weighted by atomic mass is 28.3. The van der Waals surface area contributed by atoms with Gasteiger partial charge in [0.1, 0.15) is 23.0 Å². The summed E-state index contributed by atoms with van der Waals surface area (Å²) in [5.74, 6) is 4.00. The molecule has 0 aliphatic carbocycles. The second-order valence-corrected chi connectivity index (χ2v) is 15.3. The molecular formula is C41H25N3O2Si. The molecule has 6 aromatic carbocycles. The van der Waals surface area contributed by atoms with Crippen LogP contribution in [0.15, 0.2) is 152 Å². The van der Waals surface area contributed by atoms with Crippen LogP contribution in [0.3, 0.4) is 0 Å². The lowest BCUT2D eigenvalue weighted by Gasteiger charge is -2.43. The van der Waals surface area contributed by atoms with Crippen molar-refractivity contribution < 1.29 is 9.47 Å². The zero-order valence-electron chi connectivity index (χ0n) is 25.1. The Hall–Kier alpha value is -6.29. The third-order valence-corrected chi connectivity index (χ3v) is 13.9. The number of hydrogen-bond acceptors (Lipinski definition) is 5. The largest absolute Gasteiger partial charge is 0.458 e. The van der Waals surface area contributed by atoms with E-state index in [0.717, 1.165) is 51.1 Å². The minimum Gasteiger partial charge on any atom is -0.458 e. The van der Waals surface area contributed by atoms with Crippen LogP contribution in [-0.4, -0.2) is 18.0 Å². The molecule has 47 heavy (non-hydrogen) atoms. The van der Waals surface area contributed by atoms with Crippen LogP contribution >= 0.6 is 0 Å². The van der Waals surface area contributed by atoms with Gasteiger partial charge in [0.05, 0.1) is 23.0 Å². The number of hydrogen-bond donors (Lipinski definition) is 0. The zero-order valence-corrected chi connectivity index (χ0v) is 26.1. The average molecular weight is 620 g/mol. The smallest absolute Gasteiger partial charge is 0.196 e. The molecular weight excluding hydrogens is 595 g/mol. The summed E-state index contributed by atoms with van der Waals surface area (Å²) in [4.78, 5) is 10.0. The fraction of sp³-hybridized carbons (Fsp3) is 0. The molecule has 0 unspecified atom stereocenters. The molecule has 9 rings (SSSR count). The minimum absolute atomic E-state index is 0.556. The minimum atomic E-state index is -2.83. The first-order valence-electron chi connectivity index (χ1n) is 15.5. The number of fused-ring (bicyclic) bond motifs is 8. The topological polar surface area (TPSA) is 68.0 Å². The SMILES string of the molecule is N#Cc1cccc(-c2nc(-c3ccccc3)cc(-c3ccc4c(c3)Oc3ccccc3[Si]43c4ccccc4Oc4ccccc43)n2)c1. The van der Waals surface area contributed by atoms with Crippen LogP contribution in [0.4, 0.5) is 0 Å². The van der Waals surface area contributed by atoms with Crippen LogP contribution in [-0.2, 0) is 0 Å². The van der Waals surface area contributed by atoms with Crippen molar-refractivity contribution in [3.63, 3.8) is 0 Å². The van der Waals surface area contributed by atoms with Gasteiger partial charge in [0.2, 0.25) is 0 Å². The fourth-order valence-corrected chi connectivity index (χ4v) is 12.1. The van der Waals surface area contributed by atoms with Gasteiger partial charge >= 0.3 is 0 Å². The first-order valence-corrected chi connectivity index (χ1v) is 17.5. The van der Waals surface area contributed by atoms with Gasteiger partial charge < -0.3 is 9.47 Å². The average Bonchev–Trinajstić information content (AvgIpc) is 3.14. The maximum atomic E-state index is 9.57. The molecule has 5 nitrogen and oxygen atoms in total. The molecule has 1 aromatic heterocycles. The number of ether oxygens (including phenoxy) is 2. The van der Waals surface area contributed by atoms with Gasteiger partial charge in [-0.15, -0.1) is 0 Å². The molecule has 0 bridgehead atoms. The molecule has 0 amide bonds. The van der Waals surface area contributed by atoms with Crippen LogP contribution in [0.2, 0.25) is 0 Å². The van der Waals surface area contributed by atoms with Crippen molar-refractivity contribution in [3.05, 3.63) is 157 Å². The van der Waals surface area contributed by atoms with Gasteiger partial charge in [0.25, 0.3) is 0 Å². The third kappa shape index (κ3) is 4.22. The number of nitrogens with zero attached hydrogens (tertiary/aromatic N) is 3. The van der Waals surface area contributed by atoms with Crippen LogP contribution in [0.25, 0.3) is 33.9 Å². The van der Waals surface area contributed by atoms with E-state index >= 15 is 0 Å². The normalized spacial score (nSPS) is 13.2. The Kier molecular flexibility index (Phi) is 6.14. The molecule has 0 saturated carbocycles. The maximum absolute atomic E-state index is 9.57. The Morgan fingerprint density at radius 2 is 0.979 bits per heavy atom. The van der Waals surface area contributed by atoms with E-state index in [1.54, 1.807) is 6.07 Å². The van der Waals surface area contributed by atoms with Crippen LogP contribution in [0.1, 0.15) is 5.56 Å². The maximum Gasteiger partial charge on any atom is 0.196 e. The molecule has 2 aliphatic rings. The summed E-state index contributed by atoms with van der Waals surface area (Å²) in [5, 5.41) is 14.4. The van der Waals surface area contributed by atoms with Crippen molar-refractivity contribution in [2.24, 2.45) is 0 Å². The third-order valence-electron chi connectivity index (χ3n) is 9.04. The van der Waals surface area contributed by atoms with Gasteiger partial charge in [-0.2, -0.15) is 5.26 Å². The summed E-state index contributed by atoms with van der Waals surface area (Å²) in [6.45, 7) is 0. The lowest BCUT2D eigenvalue weighted by molar-refractivity contribution is 0.482. The predicted octanol–water partition coefficient (Wildman–Crippen LogP) is 6.94. The van der Waals surface area contributed by atoms with Crippen molar-refractivity contribution in [1.82, 2.24) is 9.97 Å². The van der Waals surface area contributed by atoms with Gasteiger partial charge in [-0.3, -0.25) is 0 Å². The molecule has 1 spiro atoms. The lowest BCUT2D eigenvalue weighted by atomic mass is 10.1. The lowest BCUT2D eigenvalue weighted by Crippen LogP contribution is -2.77. The van der Waals surface area contributed by atoms with Gasteiger partial charge in [-0.1, -0.05) is 109 Å². The van der Waals surface area contributed by atoms with E-state index in [1.807, 2.05) is 72.8 Å². The summed E-state index contributed by atoms with van der Waals surface area (Å²) in [6, 6.07) is 53.6. The number of nitriles is 1. The van der Waals surface area contributed by atoms with E-state index in [-0.39, 0.29) is 0 Å². The summed E-state index contributed by atoms with van der Waals surface area (Å²) < 4.78 is 13.3. The Labute approximate surface area is 273 Å². The quantitative estimate of drug-likeness (QED) is 0.201. The number of para-hydroxylation sites is 3. The predicted molar refractivity (Wildman–Crippen MR) is 187 cm³/mol. The van der Waals surface area contributed by atoms with Gasteiger partial charge in [0, 0.05) is 16.7 Å². The van der Waals surface area contributed by atoms with E-state index < -0.39 is 8.07 Å². The summed E-state index contributed by atoms with van der Waals surface area (Å²) in [6.07, 6.45) is 0. The second kappa shape index (κ2) is 10.7. The molecule has 0 radical (unpaired) electrons. The molecule has 0 N–H and O–H groups in total. The van der Waals surface area contributed by atoms with Crippen molar-refractivity contribution in [2.45, 2.75) is 0 Å². The Balaban J connectivity index is 1.28. The van der Waals surface area contributed by atoms with Crippen molar-refractivity contribution >= 4 is 28.8 Å². The fourth-order valence-electron chi connectivity index (χ4n) is 6.99. The van der Waals surface area contributed by atoms with E-state index in [1.165, 1.54) is 20.7 Å². The molecule has 6 heteroatoms. The van der Waals surface area contributed by atoms with Gasteiger partial charge in [-0.25, -0.2) is 9.97 Å². The zero-order chi connectivity index (χ0) is 31.4. The number of aromatic nitrogens is 2. The van der Waals surface area contributed by atoms with Crippen LogP contribution < -0.4 is 30.2 Å². The Morgan fingerprint density at radius 1 is 0.447 bits per heavy atom. The second-order valence-electron chi connectivity index (χ2n) is 11.7. The highest BCUT2D eigenvalue weighted by Crippen LogP contribution is 2.38. The monoisotopic (exact) mass is 619 g/mol. The molecule has 3 heterocycles. The Bertz CT molecular complexity index is 2340. The standard InChI is InChI=1S/C41H25N3O2Si/c42-26-27-11-10-14-30(23-27)41-43-31(28-12-2-1-3-13-28)25-32(44-41)29-21-22-40-36(24-29)46-35-17-6-9-20-39(35)47(40)37-18-7-4-15-33(37)45-34-16-5-8-19-38(34)47/h1-25H. The molecule has 7 aromatic rings. The Morgan fingerprint density at radius 3 is 1.62 bits per heavy atom. The highest BCUT2D eigenvalue weighted by Gasteiger charge is 2.52. The molecule has 0 saturated heterocycles. The summed E-state index contributed by atoms with van der Waals surface area (Å²) in [7, 11) is -2.83. The first-order chi connectivity index (χ1) is 23.2. The van der Waals surface area contributed by atoms with Crippen molar-refractivity contribution in [3.8, 4) is 63.0 Å². The van der Waals surface area contributed by atoms with E-state index in [4.69, 9.17) is 19.4 Å². The van der Waals surface area contributed by atoms with Gasteiger partial charge in [0.15, 0.2) is 13.9 Å². The molecule has 2 aliphatic heterocycles. The number of benzene rings is 6. The summed E-state index contributed by atoms with van der Waals surface area (Å²) in [5.41, 5.74) is 4.82.